The predicted octanol–water partition coefficient (Wildman–Crippen LogP) is 0.761. The highest BCUT2D eigenvalue weighted by molar-refractivity contribution is 6.29. The van der Waals surface area contributed by atoms with E-state index in [9.17, 15) is 10.1 Å². The minimum atomic E-state index is -0.896. The zero-order valence-corrected chi connectivity index (χ0v) is 9.79. The third-order valence-corrected chi connectivity index (χ3v) is 1.98. The van der Waals surface area contributed by atoms with Crippen LogP contribution >= 0.6 is 11.6 Å². The fraction of sp³-hybridized carbons (Fsp3) is 0.222. The van der Waals surface area contributed by atoms with Crippen molar-refractivity contribution in [2.75, 3.05) is 13.2 Å². The van der Waals surface area contributed by atoms with Crippen molar-refractivity contribution >= 4 is 17.4 Å². The first-order valence-corrected chi connectivity index (χ1v) is 5.11. The topological polar surface area (TPSA) is 113 Å². The molecule has 0 spiro atoms. The Hall–Kier alpha value is -2.40. The molecule has 0 aromatic carbocycles. The molecular formula is C9H8ClN5O3. The minimum Gasteiger partial charge on any atom is -0.367 e. The van der Waals surface area contributed by atoms with Crippen LogP contribution in [0.4, 0.5) is 0 Å². The summed E-state index contributed by atoms with van der Waals surface area (Å²) in [5.74, 6) is 0.244. The van der Waals surface area contributed by atoms with Crippen molar-refractivity contribution in [3.05, 3.63) is 39.2 Å². The summed E-state index contributed by atoms with van der Waals surface area (Å²) in [6, 6.07) is 3.16. The van der Waals surface area contributed by atoms with Gasteiger partial charge in [-0.3, -0.25) is 0 Å². The van der Waals surface area contributed by atoms with Crippen LogP contribution in [0.2, 0.25) is 5.15 Å². The highest BCUT2D eigenvalue weighted by Gasteiger charge is 2.04. The Morgan fingerprint density at radius 2 is 2.50 bits per heavy atom. The second kappa shape index (κ2) is 7.03. The van der Waals surface area contributed by atoms with Gasteiger partial charge >= 0.3 is 0 Å². The molecule has 18 heavy (non-hydrogen) atoms. The number of pyridine rings is 1. The predicted molar refractivity (Wildman–Crippen MR) is 62.3 cm³/mol. The van der Waals surface area contributed by atoms with E-state index in [1.54, 1.807) is 18.3 Å². The zero-order chi connectivity index (χ0) is 13.4. The first-order valence-electron chi connectivity index (χ1n) is 4.73. The van der Waals surface area contributed by atoms with Gasteiger partial charge in [0.05, 0.1) is 0 Å². The number of hydrogen-bond donors (Lipinski definition) is 1. The molecule has 8 nitrogen and oxygen atoms in total. The van der Waals surface area contributed by atoms with E-state index >= 15 is 0 Å². The van der Waals surface area contributed by atoms with Crippen molar-refractivity contribution in [3.63, 3.8) is 0 Å². The van der Waals surface area contributed by atoms with Crippen molar-refractivity contribution in [2.24, 2.45) is 4.99 Å². The zero-order valence-electron chi connectivity index (χ0n) is 9.04. The second-order valence-electron chi connectivity index (χ2n) is 2.91. The number of halogens is 1. The van der Waals surface area contributed by atoms with Crippen molar-refractivity contribution in [1.29, 1.82) is 5.26 Å². The second-order valence-corrected chi connectivity index (χ2v) is 3.30. The van der Waals surface area contributed by atoms with Crippen LogP contribution in [0.5, 0.6) is 0 Å². The highest BCUT2D eigenvalue weighted by atomic mass is 35.5. The number of hydrogen-bond acceptors (Lipinski definition) is 6. The van der Waals surface area contributed by atoms with E-state index in [0.717, 1.165) is 0 Å². The average molecular weight is 270 g/mol. The molecule has 1 heterocycles. The normalized spacial score (nSPS) is 10.6. The lowest BCUT2D eigenvalue weighted by Gasteiger charge is -2.07. The van der Waals surface area contributed by atoms with Crippen LogP contribution < -0.4 is 5.32 Å². The minimum absolute atomic E-state index is 0.129. The Kier molecular flexibility index (Phi) is 5.34. The van der Waals surface area contributed by atoms with Crippen molar-refractivity contribution < 1.29 is 9.92 Å². The number of nitrogens with zero attached hydrogens (tertiary/aromatic N) is 4. The summed E-state index contributed by atoms with van der Waals surface area (Å²) in [7, 11) is 0. The lowest BCUT2D eigenvalue weighted by atomic mass is 10.2. The summed E-state index contributed by atoms with van der Waals surface area (Å²) in [5.41, 5.74) is 0.544. The number of nitriles is 1. The largest absolute Gasteiger partial charge is 0.367 e. The van der Waals surface area contributed by atoms with Gasteiger partial charge in [-0.1, -0.05) is 11.6 Å². The van der Waals surface area contributed by atoms with E-state index in [0.29, 0.717) is 10.7 Å². The number of nitrogens with one attached hydrogen (secondary N) is 1. The number of aliphatic imine (C=N–C) groups is 1. The van der Waals surface area contributed by atoms with E-state index in [2.05, 4.69) is 20.1 Å². The number of aromatic nitrogens is 1. The Morgan fingerprint density at radius 3 is 3.06 bits per heavy atom. The van der Waals surface area contributed by atoms with E-state index in [1.165, 1.54) is 6.20 Å². The van der Waals surface area contributed by atoms with Crippen LogP contribution in [-0.4, -0.2) is 29.1 Å². The standard InChI is InChI=1S/C9H8ClN5O3/c10-8-2-1-7(5-13-8)9(14-6-11)12-3-4-18-15(16)17/h1-2,5H,3-4H2,(H,12,14). The van der Waals surface area contributed by atoms with Gasteiger partial charge in [0.1, 0.15) is 17.6 Å². The first-order chi connectivity index (χ1) is 8.63. The molecule has 0 unspecified atom stereocenters. The molecular weight excluding hydrogens is 262 g/mol. The van der Waals surface area contributed by atoms with Crippen molar-refractivity contribution in [1.82, 2.24) is 10.3 Å². The molecule has 94 valence electrons. The summed E-state index contributed by atoms with van der Waals surface area (Å²) < 4.78 is 0. The monoisotopic (exact) mass is 269 g/mol. The molecule has 1 aromatic rings. The molecule has 0 bridgehead atoms. The third kappa shape index (κ3) is 4.63. The maximum absolute atomic E-state index is 9.93. The van der Waals surface area contributed by atoms with Crippen molar-refractivity contribution in [2.45, 2.75) is 0 Å². The Morgan fingerprint density at radius 1 is 1.72 bits per heavy atom. The van der Waals surface area contributed by atoms with E-state index in [1.807, 2.05) is 0 Å². The first kappa shape index (κ1) is 13.7. The fourth-order valence-electron chi connectivity index (χ4n) is 1.06. The van der Waals surface area contributed by atoms with E-state index in [-0.39, 0.29) is 19.0 Å². The van der Waals surface area contributed by atoms with Gasteiger partial charge in [0.25, 0.3) is 5.09 Å². The Bertz CT molecular complexity index is 482. The molecule has 0 radical (unpaired) electrons. The summed E-state index contributed by atoms with van der Waals surface area (Å²) in [6.45, 7) is -0.0252. The van der Waals surface area contributed by atoms with E-state index < -0.39 is 5.09 Å². The maximum Gasteiger partial charge on any atom is 0.294 e. The summed E-state index contributed by atoms with van der Waals surface area (Å²) in [5, 5.41) is 20.6. The fourth-order valence-corrected chi connectivity index (χ4v) is 1.17. The molecule has 1 rings (SSSR count). The summed E-state index contributed by atoms with van der Waals surface area (Å²) in [4.78, 5) is 21.4. The molecule has 0 fully saturated rings. The molecule has 0 aliphatic carbocycles. The third-order valence-electron chi connectivity index (χ3n) is 1.75. The SMILES string of the molecule is N#CN=C(NCCO[N+](=O)[O-])c1ccc(Cl)nc1. The van der Waals surface area contributed by atoms with E-state index in [4.69, 9.17) is 16.9 Å². The van der Waals surface area contributed by atoms with Gasteiger partial charge in [0.2, 0.25) is 6.19 Å². The van der Waals surface area contributed by atoms with Crippen LogP contribution in [0.3, 0.4) is 0 Å². The molecule has 0 saturated carbocycles. The van der Waals surface area contributed by atoms with Gasteiger partial charge in [-0.05, 0) is 12.1 Å². The molecule has 0 amide bonds. The van der Waals surface area contributed by atoms with Gasteiger partial charge in [0, 0.05) is 18.3 Å². The maximum atomic E-state index is 9.93. The van der Waals surface area contributed by atoms with Gasteiger partial charge in [0.15, 0.2) is 0 Å². The summed E-state index contributed by atoms with van der Waals surface area (Å²) in [6.07, 6.45) is 3.05. The van der Waals surface area contributed by atoms with Crippen LogP contribution in [0.1, 0.15) is 5.56 Å². The molecule has 0 saturated heterocycles. The molecule has 0 atom stereocenters. The molecule has 1 aromatic heterocycles. The lowest BCUT2D eigenvalue weighted by molar-refractivity contribution is -0.757. The highest BCUT2D eigenvalue weighted by Crippen LogP contribution is 2.05. The van der Waals surface area contributed by atoms with Crippen LogP contribution in [0.15, 0.2) is 23.3 Å². The Balaban J connectivity index is 2.61. The van der Waals surface area contributed by atoms with Crippen LogP contribution in [-0.2, 0) is 4.84 Å². The quantitative estimate of drug-likeness (QED) is 0.161. The van der Waals surface area contributed by atoms with Gasteiger partial charge in [-0.2, -0.15) is 10.3 Å². The summed E-state index contributed by atoms with van der Waals surface area (Å²) >= 11 is 5.62. The Labute approximate surface area is 107 Å². The van der Waals surface area contributed by atoms with Crippen molar-refractivity contribution in [3.8, 4) is 6.19 Å². The molecule has 1 N–H and O–H groups in total. The number of rotatable bonds is 5. The smallest absolute Gasteiger partial charge is 0.294 e. The van der Waals surface area contributed by atoms with Gasteiger partial charge in [-0.15, -0.1) is 10.1 Å². The molecule has 9 heteroatoms. The molecule has 0 aliphatic heterocycles. The van der Waals surface area contributed by atoms with Gasteiger partial charge in [-0.25, -0.2) is 4.98 Å². The van der Waals surface area contributed by atoms with Gasteiger partial charge < -0.3 is 10.2 Å². The number of amidine groups is 1. The van der Waals surface area contributed by atoms with Crippen LogP contribution in [0, 0.1) is 21.6 Å². The molecule has 0 aliphatic rings. The van der Waals surface area contributed by atoms with Crippen LogP contribution in [0.25, 0.3) is 0 Å². The lowest BCUT2D eigenvalue weighted by Crippen LogP contribution is -2.28. The average Bonchev–Trinajstić information content (AvgIpc) is 2.34.